The zero-order valence-corrected chi connectivity index (χ0v) is 9.20. The van der Waals surface area contributed by atoms with Crippen molar-refractivity contribution >= 4 is 11.6 Å². The van der Waals surface area contributed by atoms with Crippen molar-refractivity contribution in [1.82, 2.24) is 5.32 Å². The standard InChI is InChI=1S/C13H16N2O/c16-13(10-12-8-4-5-9-14-12)15-11-6-2-1-3-7-11/h1-3,6-7,10,14H,4-5,8-9H2,(H,15,16)/b12-10-. The lowest BCUT2D eigenvalue weighted by Crippen LogP contribution is -2.22. The van der Waals surface area contributed by atoms with Crippen LogP contribution in [0.3, 0.4) is 0 Å². The van der Waals surface area contributed by atoms with Gasteiger partial charge in [-0.1, -0.05) is 18.2 Å². The highest BCUT2D eigenvalue weighted by Gasteiger charge is 2.06. The van der Waals surface area contributed by atoms with Crippen LogP contribution in [0.25, 0.3) is 0 Å². The molecule has 16 heavy (non-hydrogen) atoms. The van der Waals surface area contributed by atoms with Gasteiger partial charge in [0.1, 0.15) is 0 Å². The number of para-hydroxylation sites is 1. The Morgan fingerprint density at radius 2 is 2.06 bits per heavy atom. The molecule has 1 fully saturated rings. The second kappa shape index (κ2) is 5.35. The van der Waals surface area contributed by atoms with Crippen LogP contribution in [0, 0.1) is 0 Å². The number of benzene rings is 1. The van der Waals surface area contributed by atoms with Crippen molar-refractivity contribution in [3.05, 3.63) is 42.1 Å². The fraction of sp³-hybridized carbons (Fsp3) is 0.308. The lowest BCUT2D eigenvalue weighted by molar-refractivity contribution is -0.112. The minimum absolute atomic E-state index is 0.0596. The fourth-order valence-corrected chi connectivity index (χ4v) is 1.76. The SMILES string of the molecule is O=C(/C=C1/CCCCN1)Nc1ccccc1. The first-order valence-corrected chi connectivity index (χ1v) is 5.65. The number of allylic oxidation sites excluding steroid dienone is 1. The quantitative estimate of drug-likeness (QED) is 0.745. The topological polar surface area (TPSA) is 41.1 Å². The van der Waals surface area contributed by atoms with Crippen molar-refractivity contribution < 1.29 is 4.79 Å². The summed E-state index contributed by atoms with van der Waals surface area (Å²) < 4.78 is 0. The molecule has 1 amide bonds. The van der Waals surface area contributed by atoms with Crippen LogP contribution in [0.2, 0.25) is 0 Å². The van der Waals surface area contributed by atoms with E-state index in [1.54, 1.807) is 6.08 Å². The van der Waals surface area contributed by atoms with E-state index in [2.05, 4.69) is 10.6 Å². The predicted octanol–water partition coefficient (Wildman–Crippen LogP) is 2.28. The number of amides is 1. The molecule has 1 aliphatic rings. The highest BCUT2D eigenvalue weighted by molar-refractivity contribution is 5.99. The van der Waals surface area contributed by atoms with E-state index in [0.29, 0.717) is 0 Å². The number of hydrogen-bond donors (Lipinski definition) is 2. The van der Waals surface area contributed by atoms with Crippen LogP contribution in [-0.2, 0) is 4.79 Å². The average molecular weight is 216 g/mol. The first-order chi connectivity index (χ1) is 7.84. The second-order valence-electron chi connectivity index (χ2n) is 3.91. The molecule has 0 aromatic heterocycles. The first kappa shape index (κ1) is 10.7. The Bertz CT molecular complexity index is 376. The lowest BCUT2D eigenvalue weighted by atomic mass is 10.1. The summed E-state index contributed by atoms with van der Waals surface area (Å²) in [6.07, 6.45) is 4.99. The molecule has 0 saturated carbocycles. The van der Waals surface area contributed by atoms with Gasteiger partial charge in [-0.2, -0.15) is 0 Å². The molecule has 0 unspecified atom stereocenters. The van der Waals surface area contributed by atoms with E-state index in [1.165, 1.54) is 6.42 Å². The molecule has 0 atom stereocenters. The zero-order chi connectivity index (χ0) is 11.2. The van der Waals surface area contributed by atoms with E-state index in [-0.39, 0.29) is 5.91 Å². The first-order valence-electron chi connectivity index (χ1n) is 5.65. The Labute approximate surface area is 95.6 Å². The third-order valence-corrected chi connectivity index (χ3v) is 2.57. The fourth-order valence-electron chi connectivity index (χ4n) is 1.76. The number of carbonyl (C=O) groups excluding carboxylic acids is 1. The van der Waals surface area contributed by atoms with Gasteiger partial charge in [-0.15, -0.1) is 0 Å². The molecule has 2 N–H and O–H groups in total. The molecule has 1 heterocycles. The van der Waals surface area contributed by atoms with Crippen molar-refractivity contribution in [2.24, 2.45) is 0 Å². The molecule has 1 saturated heterocycles. The number of hydrogen-bond acceptors (Lipinski definition) is 2. The highest BCUT2D eigenvalue weighted by Crippen LogP contribution is 2.11. The minimum atomic E-state index is -0.0596. The molecule has 84 valence electrons. The molecule has 2 rings (SSSR count). The number of rotatable bonds is 2. The maximum atomic E-state index is 11.7. The summed E-state index contributed by atoms with van der Waals surface area (Å²) in [5, 5.41) is 6.07. The third kappa shape index (κ3) is 3.12. The molecular weight excluding hydrogens is 200 g/mol. The summed E-state index contributed by atoms with van der Waals surface area (Å²) in [7, 11) is 0. The zero-order valence-electron chi connectivity index (χ0n) is 9.20. The minimum Gasteiger partial charge on any atom is -0.388 e. The lowest BCUT2D eigenvalue weighted by Gasteiger charge is -2.16. The Morgan fingerprint density at radius 3 is 2.75 bits per heavy atom. The molecular formula is C13H16N2O. The summed E-state index contributed by atoms with van der Waals surface area (Å²) in [5.74, 6) is -0.0596. The van der Waals surface area contributed by atoms with E-state index in [4.69, 9.17) is 0 Å². The molecule has 1 aromatic rings. The van der Waals surface area contributed by atoms with Crippen molar-refractivity contribution in [3.63, 3.8) is 0 Å². The van der Waals surface area contributed by atoms with Crippen LogP contribution in [0.5, 0.6) is 0 Å². The number of piperidine rings is 1. The summed E-state index contributed by atoms with van der Waals surface area (Å²) in [5.41, 5.74) is 1.87. The van der Waals surface area contributed by atoms with Gasteiger partial charge in [-0.25, -0.2) is 0 Å². The van der Waals surface area contributed by atoms with E-state index >= 15 is 0 Å². The van der Waals surface area contributed by atoms with Crippen LogP contribution in [0.1, 0.15) is 19.3 Å². The third-order valence-electron chi connectivity index (χ3n) is 2.57. The smallest absolute Gasteiger partial charge is 0.250 e. The van der Waals surface area contributed by atoms with Crippen molar-refractivity contribution in [3.8, 4) is 0 Å². The molecule has 1 aromatic carbocycles. The average Bonchev–Trinajstić information content (AvgIpc) is 2.31. The van der Waals surface area contributed by atoms with Gasteiger partial charge in [-0.3, -0.25) is 4.79 Å². The highest BCUT2D eigenvalue weighted by atomic mass is 16.1. The van der Waals surface area contributed by atoms with Gasteiger partial charge in [0, 0.05) is 24.0 Å². The van der Waals surface area contributed by atoms with Crippen LogP contribution in [-0.4, -0.2) is 12.5 Å². The summed E-state index contributed by atoms with van der Waals surface area (Å²) in [6.45, 7) is 0.977. The molecule has 0 radical (unpaired) electrons. The van der Waals surface area contributed by atoms with Gasteiger partial charge >= 0.3 is 0 Å². The second-order valence-corrected chi connectivity index (χ2v) is 3.91. The van der Waals surface area contributed by atoms with Crippen molar-refractivity contribution in [2.45, 2.75) is 19.3 Å². The van der Waals surface area contributed by atoms with Gasteiger partial charge < -0.3 is 10.6 Å². The molecule has 3 heteroatoms. The number of anilines is 1. The monoisotopic (exact) mass is 216 g/mol. The summed E-state index contributed by atoms with van der Waals surface area (Å²) in [6, 6.07) is 9.50. The molecule has 0 bridgehead atoms. The predicted molar refractivity (Wildman–Crippen MR) is 65.0 cm³/mol. The van der Waals surface area contributed by atoms with Crippen LogP contribution in [0.4, 0.5) is 5.69 Å². The Kier molecular flexibility index (Phi) is 3.59. The molecule has 0 spiro atoms. The largest absolute Gasteiger partial charge is 0.388 e. The van der Waals surface area contributed by atoms with Crippen molar-refractivity contribution in [1.29, 1.82) is 0 Å². The molecule has 3 nitrogen and oxygen atoms in total. The molecule has 0 aliphatic carbocycles. The van der Waals surface area contributed by atoms with Crippen LogP contribution >= 0.6 is 0 Å². The van der Waals surface area contributed by atoms with Crippen LogP contribution in [0.15, 0.2) is 42.1 Å². The van der Waals surface area contributed by atoms with E-state index in [0.717, 1.165) is 30.8 Å². The van der Waals surface area contributed by atoms with Crippen LogP contribution < -0.4 is 10.6 Å². The maximum Gasteiger partial charge on any atom is 0.250 e. The molecule has 1 aliphatic heterocycles. The number of nitrogens with one attached hydrogen (secondary N) is 2. The van der Waals surface area contributed by atoms with Gasteiger partial charge in [0.25, 0.3) is 0 Å². The Hall–Kier alpha value is -1.77. The van der Waals surface area contributed by atoms with Gasteiger partial charge in [0.2, 0.25) is 5.91 Å². The van der Waals surface area contributed by atoms with Crippen molar-refractivity contribution in [2.75, 3.05) is 11.9 Å². The normalized spacial score (nSPS) is 17.9. The summed E-state index contributed by atoms with van der Waals surface area (Å²) in [4.78, 5) is 11.7. The van der Waals surface area contributed by atoms with Gasteiger partial charge in [0.05, 0.1) is 0 Å². The maximum absolute atomic E-state index is 11.7. The van der Waals surface area contributed by atoms with Gasteiger partial charge in [0.15, 0.2) is 0 Å². The Balaban J connectivity index is 1.93. The summed E-state index contributed by atoms with van der Waals surface area (Å²) >= 11 is 0. The van der Waals surface area contributed by atoms with E-state index in [1.807, 2.05) is 30.3 Å². The van der Waals surface area contributed by atoms with E-state index in [9.17, 15) is 4.79 Å². The number of carbonyl (C=O) groups is 1. The van der Waals surface area contributed by atoms with Gasteiger partial charge in [-0.05, 0) is 31.4 Å². The Morgan fingerprint density at radius 1 is 1.25 bits per heavy atom. The van der Waals surface area contributed by atoms with E-state index < -0.39 is 0 Å².